The van der Waals surface area contributed by atoms with E-state index in [0.29, 0.717) is 17.3 Å². The van der Waals surface area contributed by atoms with Gasteiger partial charge in [-0.25, -0.2) is 4.98 Å². The molecule has 1 N–H and O–H groups in total. The zero-order valence-electron chi connectivity index (χ0n) is 16.7. The first-order chi connectivity index (χ1) is 14.0. The monoisotopic (exact) mass is 386 g/mol. The standard InChI is InChI=1S/C24H22N2O3/c1-15-8-11-22-20(12-15)26-24(29-22)18-10-9-16(2)19(13-18)25-23(27)14-28-21-7-5-4-6-17(21)3/h4-13H,14H2,1-3H3,(H,25,27). The maximum atomic E-state index is 12.4. The van der Waals surface area contributed by atoms with E-state index in [-0.39, 0.29) is 12.5 Å². The van der Waals surface area contributed by atoms with Crippen molar-refractivity contribution in [1.82, 2.24) is 4.98 Å². The van der Waals surface area contributed by atoms with Crippen molar-refractivity contribution in [3.8, 4) is 17.2 Å². The number of carbonyl (C=O) groups excluding carboxylic acids is 1. The van der Waals surface area contributed by atoms with E-state index in [0.717, 1.165) is 33.4 Å². The largest absolute Gasteiger partial charge is 0.483 e. The molecule has 29 heavy (non-hydrogen) atoms. The molecule has 4 rings (SSSR count). The molecule has 0 radical (unpaired) electrons. The van der Waals surface area contributed by atoms with Crippen molar-refractivity contribution in [1.29, 1.82) is 0 Å². The van der Waals surface area contributed by atoms with Crippen LogP contribution in [-0.2, 0) is 4.79 Å². The minimum Gasteiger partial charge on any atom is -0.483 e. The highest BCUT2D eigenvalue weighted by molar-refractivity contribution is 5.93. The van der Waals surface area contributed by atoms with Crippen LogP contribution in [0, 0.1) is 20.8 Å². The molecule has 5 heteroatoms. The van der Waals surface area contributed by atoms with Crippen LogP contribution in [0.4, 0.5) is 5.69 Å². The minimum atomic E-state index is -0.221. The van der Waals surface area contributed by atoms with E-state index in [1.165, 1.54) is 0 Å². The maximum absolute atomic E-state index is 12.4. The lowest BCUT2D eigenvalue weighted by atomic mass is 10.1. The molecule has 1 heterocycles. The number of nitrogens with zero attached hydrogens (tertiary/aromatic N) is 1. The van der Waals surface area contributed by atoms with Gasteiger partial charge in [0.1, 0.15) is 11.3 Å². The molecule has 1 aromatic heterocycles. The first-order valence-electron chi connectivity index (χ1n) is 9.46. The van der Waals surface area contributed by atoms with E-state index in [1.54, 1.807) is 0 Å². The summed E-state index contributed by atoms with van der Waals surface area (Å²) in [4.78, 5) is 17.0. The average Bonchev–Trinajstić information content (AvgIpc) is 3.12. The van der Waals surface area contributed by atoms with Crippen LogP contribution in [0.1, 0.15) is 16.7 Å². The Morgan fingerprint density at radius 1 is 1.00 bits per heavy atom. The number of amides is 1. The van der Waals surface area contributed by atoms with Gasteiger partial charge in [0, 0.05) is 11.3 Å². The van der Waals surface area contributed by atoms with Gasteiger partial charge < -0.3 is 14.5 Å². The van der Waals surface area contributed by atoms with Crippen LogP contribution in [0.3, 0.4) is 0 Å². The van der Waals surface area contributed by atoms with E-state index in [1.807, 2.05) is 81.4 Å². The van der Waals surface area contributed by atoms with Crippen molar-refractivity contribution < 1.29 is 13.9 Å². The Bertz CT molecular complexity index is 1190. The number of aromatic nitrogens is 1. The highest BCUT2D eigenvalue weighted by Gasteiger charge is 2.12. The number of anilines is 1. The van der Waals surface area contributed by atoms with Gasteiger partial charge in [0.15, 0.2) is 12.2 Å². The second-order valence-electron chi connectivity index (χ2n) is 7.12. The Morgan fingerprint density at radius 3 is 2.66 bits per heavy atom. The van der Waals surface area contributed by atoms with Crippen LogP contribution in [0.25, 0.3) is 22.6 Å². The number of hydrogen-bond donors (Lipinski definition) is 1. The fourth-order valence-corrected chi connectivity index (χ4v) is 3.10. The van der Waals surface area contributed by atoms with E-state index in [9.17, 15) is 4.79 Å². The molecule has 1 amide bonds. The number of fused-ring (bicyclic) bond motifs is 1. The van der Waals surface area contributed by atoms with E-state index in [4.69, 9.17) is 9.15 Å². The average molecular weight is 386 g/mol. The van der Waals surface area contributed by atoms with Crippen molar-refractivity contribution in [3.63, 3.8) is 0 Å². The molecule has 0 atom stereocenters. The molecular weight excluding hydrogens is 364 g/mol. The third kappa shape index (κ3) is 4.14. The molecule has 0 spiro atoms. The number of para-hydroxylation sites is 1. The quantitative estimate of drug-likeness (QED) is 0.496. The number of ether oxygens (including phenoxy) is 1. The van der Waals surface area contributed by atoms with Gasteiger partial charge in [-0.05, 0) is 67.8 Å². The highest BCUT2D eigenvalue weighted by Crippen LogP contribution is 2.28. The molecule has 0 fully saturated rings. The number of aryl methyl sites for hydroxylation is 3. The Labute approximate surface area is 169 Å². The second-order valence-corrected chi connectivity index (χ2v) is 7.12. The number of carbonyl (C=O) groups is 1. The van der Waals surface area contributed by atoms with Gasteiger partial charge in [-0.15, -0.1) is 0 Å². The van der Waals surface area contributed by atoms with Crippen LogP contribution in [-0.4, -0.2) is 17.5 Å². The highest BCUT2D eigenvalue weighted by atomic mass is 16.5. The van der Waals surface area contributed by atoms with Gasteiger partial charge >= 0.3 is 0 Å². The van der Waals surface area contributed by atoms with Gasteiger partial charge in [-0.2, -0.15) is 0 Å². The summed E-state index contributed by atoms with van der Waals surface area (Å²) in [5.74, 6) is 1.01. The van der Waals surface area contributed by atoms with Gasteiger partial charge in [0.05, 0.1) is 0 Å². The van der Waals surface area contributed by atoms with Crippen molar-refractivity contribution in [2.24, 2.45) is 0 Å². The molecule has 0 saturated heterocycles. The van der Waals surface area contributed by atoms with Crippen molar-refractivity contribution in [2.45, 2.75) is 20.8 Å². The summed E-state index contributed by atoms with van der Waals surface area (Å²) >= 11 is 0. The lowest BCUT2D eigenvalue weighted by molar-refractivity contribution is -0.118. The predicted molar refractivity (Wildman–Crippen MR) is 114 cm³/mol. The molecular formula is C24H22N2O3. The third-order valence-corrected chi connectivity index (χ3v) is 4.75. The van der Waals surface area contributed by atoms with Crippen LogP contribution < -0.4 is 10.1 Å². The minimum absolute atomic E-state index is 0.0588. The molecule has 0 aliphatic carbocycles. The first kappa shape index (κ1) is 18.7. The zero-order chi connectivity index (χ0) is 20.4. The summed E-state index contributed by atoms with van der Waals surface area (Å²) in [5.41, 5.74) is 6.14. The van der Waals surface area contributed by atoms with E-state index < -0.39 is 0 Å². The van der Waals surface area contributed by atoms with Crippen LogP contribution >= 0.6 is 0 Å². The molecule has 146 valence electrons. The smallest absolute Gasteiger partial charge is 0.262 e. The summed E-state index contributed by atoms with van der Waals surface area (Å²) in [6, 6.07) is 19.3. The molecule has 0 aliphatic rings. The lowest BCUT2D eigenvalue weighted by Crippen LogP contribution is -2.20. The van der Waals surface area contributed by atoms with Crippen molar-refractivity contribution in [2.75, 3.05) is 11.9 Å². The summed E-state index contributed by atoms with van der Waals surface area (Å²) in [6.45, 7) is 5.85. The summed E-state index contributed by atoms with van der Waals surface area (Å²) in [5, 5.41) is 2.92. The van der Waals surface area contributed by atoms with Gasteiger partial charge in [0.2, 0.25) is 5.89 Å². The predicted octanol–water partition coefficient (Wildman–Crippen LogP) is 5.44. The third-order valence-electron chi connectivity index (χ3n) is 4.75. The molecule has 5 nitrogen and oxygen atoms in total. The van der Waals surface area contributed by atoms with Crippen molar-refractivity contribution >= 4 is 22.7 Å². The molecule has 0 saturated carbocycles. The summed E-state index contributed by atoms with van der Waals surface area (Å²) in [7, 11) is 0. The molecule has 3 aromatic carbocycles. The maximum Gasteiger partial charge on any atom is 0.262 e. The van der Waals surface area contributed by atoms with E-state index in [2.05, 4.69) is 10.3 Å². The summed E-state index contributed by atoms with van der Waals surface area (Å²) < 4.78 is 11.5. The normalized spacial score (nSPS) is 10.9. The SMILES string of the molecule is Cc1ccc2oc(-c3ccc(C)c(NC(=O)COc4ccccc4C)c3)nc2c1. The van der Waals surface area contributed by atoms with Crippen molar-refractivity contribution in [3.05, 3.63) is 77.4 Å². The molecule has 0 aliphatic heterocycles. The molecule has 0 unspecified atom stereocenters. The Morgan fingerprint density at radius 2 is 1.83 bits per heavy atom. The Balaban J connectivity index is 1.51. The first-order valence-corrected chi connectivity index (χ1v) is 9.46. The second kappa shape index (κ2) is 7.80. The number of nitrogens with one attached hydrogen (secondary N) is 1. The molecule has 0 bridgehead atoms. The summed E-state index contributed by atoms with van der Waals surface area (Å²) in [6.07, 6.45) is 0. The number of benzene rings is 3. The topological polar surface area (TPSA) is 64.4 Å². The zero-order valence-corrected chi connectivity index (χ0v) is 16.7. The number of rotatable bonds is 5. The fraction of sp³-hybridized carbons (Fsp3) is 0.167. The Hall–Kier alpha value is -3.60. The molecule has 4 aromatic rings. The van der Waals surface area contributed by atoms with Gasteiger partial charge in [0.25, 0.3) is 5.91 Å². The van der Waals surface area contributed by atoms with Crippen LogP contribution in [0.5, 0.6) is 5.75 Å². The van der Waals surface area contributed by atoms with Gasteiger partial charge in [-0.3, -0.25) is 4.79 Å². The van der Waals surface area contributed by atoms with Crippen LogP contribution in [0.15, 0.2) is 65.1 Å². The number of hydrogen-bond acceptors (Lipinski definition) is 4. The lowest BCUT2D eigenvalue weighted by Gasteiger charge is -2.11. The van der Waals surface area contributed by atoms with E-state index >= 15 is 0 Å². The Kier molecular flexibility index (Phi) is 5.04. The number of oxazole rings is 1. The van der Waals surface area contributed by atoms with Gasteiger partial charge in [-0.1, -0.05) is 30.3 Å². The fourth-order valence-electron chi connectivity index (χ4n) is 3.10. The van der Waals surface area contributed by atoms with Crippen LogP contribution in [0.2, 0.25) is 0 Å².